The second-order valence-electron chi connectivity index (χ2n) is 5.37. The van der Waals surface area contributed by atoms with Crippen LogP contribution < -0.4 is 10.6 Å². The molecule has 7 heteroatoms. The first-order valence-electron chi connectivity index (χ1n) is 7.66. The third kappa shape index (κ3) is 6.17. The van der Waals surface area contributed by atoms with Gasteiger partial charge in [-0.15, -0.1) is 0 Å². The molecule has 0 aromatic heterocycles. The molecule has 1 aromatic carbocycles. The summed E-state index contributed by atoms with van der Waals surface area (Å²) in [7, 11) is 0. The molecule has 2 N–H and O–H groups in total. The van der Waals surface area contributed by atoms with Crippen molar-refractivity contribution in [2.24, 2.45) is 0 Å². The van der Waals surface area contributed by atoms with Gasteiger partial charge in [-0.05, 0) is 43.6 Å². The highest BCUT2D eigenvalue weighted by Gasteiger charge is 2.10. The van der Waals surface area contributed by atoms with Crippen LogP contribution in [0, 0.1) is 10.1 Å². The summed E-state index contributed by atoms with van der Waals surface area (Å²) < 4.78 is 5.09. The predicted molar refractivity (Wildman–Crippen MR) is 85.9 cm³/mol. The first-order chi connectivity index (χ1) is 11.1. The minimum absolute atomic E-state index is 0.0176. The zero-order valence-corrected chi connectivity index (χ0v) is 12.9. The number of nitro benzene ring substituents is 1. The van der Waals surface area contributed by atoms with E-state index in [1.165, 1.54) is 18.2 Å². The van der Waals surface area contributed by atoms with E-state index in [9.17, 15) is 14.9 Å². The number of hydrogen-bond donors (Lipinski definition) is 2. The number of benzene rings is 1. The number of non-ortho nitro benzene ring substituents is 1. The fourth-order valence-electron chi connectivity index (χ4n) is 2.33. The van der Waals surface area contributed by atoms with Crippen molar-refractivity contribution in [2.75, 3.05) is 19.6 Å². The van der Waals surface area contributed by atoms with Gasteiger partial charge in [0.25, 0.3) is 5.69 Å². The topological polar surface area (TPSA) is 93.5 Å². The molecule has 0 spiro atoms. The highest BCUT2D eigenvalue weighted by Crippen LogP contribution is 2.12. The Bertz CT molecular complexity index is 551. The van der Waals surface area contributed by atoms with Gasteiger partial charge in [0.2, 0.25) is 0 Å². The van der Waals surface area contributed by atoms with Crippen molar-refractivity contribution in [1.29, 1.82) is 0 Å². The minimum atomic E-state index is -0.464. The zero-order valence-electron chi connectivity index (χ0n) is 12.9. The van der Waals surface area contributed by atoms with Crippen LogP contribution in [0.1, 0.15) is 18.4 Å². The van der Waals surface area contributed by atoms with E-state index in [0.717, 1.165) is 25.9 Å². The Morgan fingerprint density at radius 1 is 1.35 bits per heavy atom. The summed E-state index contributed by atoms with van der Waals surface area (Å²) in [6.07, 6.45) is 5.34. The number of nitrogens with zero attached hydrogens (tertiary/aromatic N) is 1. The van der Waals surface area contributed by atoms with Crippen molar-refractivity contribution in [3.8, 4) is 0 Å². The highest BCUT2D eigenvalue weighted by molar-refractivity contribution is 5.81. The molecule has 0 bridgehead atoms. The summed E-state index contributed by atoms with van der Waals surface area (Å²) in [4.78, 5) is 21.7. The highest BCUT2D eigenvalue weighted by atomic mass is 16.6. The van der Waals surface area contributed by atoms with E-state index in [0.29, 0.717) is 18.2 Å². The predicted octanol–water partition coefficient (Wildman–Crippen LogP) is 1.54. The fraction of sp³-hybridized carbons (Fsp3) is 0.438. The summed E-state index contributed by atoms with van der Waals surface area (Å²) in [5.41, 5.74) is 0.731. The van der Waals surface area contributed by atoms with Crippen LogP contribution in [-0.2, 0) is 16.1 Å². The molecule has 23 heavy (non-hydrogen) atoms. The lowest BCUT2D eigenvalue weighted by Gasteiger charge is -2.22. The number of ether oxygens (including phenoxy) is 1. The van der Waals surface area contributed by atoms with E-state index in [1.54, 1.807) is 18.2 Å². The molecule has 0 radical (unpaired) electrons. The first kappa shape index (κ1) is 17.1. The van der Waals surface area contributed by atoms with Gasteiger partial charge in [-0.25, -0.2) is 4.79 Å². The SMILES string of the molecule is O=C(C=CCNC1CCNCC1)OCc1ccc([N+](=O)[O-])cc1. The van der Waals surface area contributed by atoms with E-state index in [-0.39, 0.29) is 12.3 Å². The van der Waals surface area contributed by atoms with Crippen molar-refractivity contribution < 1.29 is 14.5 Å². The van der Waals surface area contributed by atoms with Crippen molar-refractivity contribution in [3.63, 3.8) is 0 Å². The minimum Gasteiger partial charge on any atom is -0.458 e. The average molecular weight is 319 g/mol. The quantitative estimate of drug-likeness (QED) is 0.343. The Morgan fingerprint density at radius 3 is 2.70 bits per heavy atom. The Hall–Kier alpha value is -2.25. The Balaban J connectivity index is 1.65. The Kier molecular flexibility index (Phi) is 6.71. The van der Waals surface area contributed by atoms with Crippen LogP contribution >= 0.6 is 0 Å². The van der Waals surface area contributed by atoms with Crippen LogP contribution in [0.2, 0.25) is 0 Å². The average Bonchev–Trinajstić information content (AvgIpc) is 2.58. The molecule has 2 rings (SSSR count). The fourth-order valence-corrected chi connectivity index (χ4v) is 2.33. The number of hydrogen-bond acceptors (Lipinski definition) is 6. The molecule has 0 amide bonds. The molecule has 1 aromatic rings. The second-order valence-corrected chi connectivity index (χ2v) is 5.37. The van der Waals surface area contributed by atoms with E-state index in [4.69, 9.17) is 4.74 Å². The largest absolute Gasteiger partial charge is 0.458 e. The number of nitrogens with one attached hydrogen (secondary N) is 2. The Morgan fingerprint density at radius 2 is 2.04 bits per heavy atom. The van der Waals surface area contributed by atoms with Gasteiger partial charge in [0.1, 0.15) is 6.61 Å². The summed E-state index contributed by atoms with van der Waals surface area (Å²) in [5, 5.41) is 17.2. The van der Waals surface area contributed by atoms with Gasteiger partial charge >= 0.3 is 5.97 Å². The van der Waals surface area contributed by atoms with Crippen LogP contribution in [-0.4, -0.2) is 36.6 Å². The number of nitro groups is 1. The Labute approximate surface area is 134 Å². The normalized spacial score (nSPS) is 15.7. The molecule has 124 valence electrons. The summed E-state index contributed by atoms with van der Waals surface area (Å²) >= 11 is 0. The van der Waals surface area contributed by atoms with Crippen LogP contribution in [0.4, 0.5) is 5.69 Å². The van der Waals surface area contributed by atoms with E-state index in [2.05, 4.69) is 10.6 Å². The molecule has 1 aliphatic rings. The molecular weight excluding hydrogens is 298 g/mol. The third-order valence-corrected chi connectivity index (χ3v) is 3.65. The standard InChI is InChI=1S/C16H21N3O4/c20-16(2-1-9-18-14-7-10-17-11-8-14)23-12-13-3-5-15(6-4-13)19(21)22/h1-6,14,17-18H,7-12H2. The lowest BCUT2D eigenvalue weighted by molar-refractivity contribution is -0.384. The van der Waals surface area contributed by atoms with Gasteiger partial charge in [-0.2, -0.15) is 0 Å². The third-order valence-electron chi connectivity index (χ3n) is 3.65. The lowest BCUT2D eigenvalue weighted by Crippen LogP contribution is -2.39. The molecule has 7 nitrogen and oxygen atoms in total. The van der Waals surface area contributed by atoms with E-state index in [1.807, 2.05) is 0 Å². The van der Waals surface area contributed by atoms with Gasteiger partial charge in [0, 0.05) is 30.8 Å². The van der Waals surface area contributed by atoms with Crippen molar-refractivity contribution in [1.82, 2.24) is 10.6 Å². The summed E-state index contributed by atoms with van der Waals surface area (Å²) in [6, 6.07) is 6.43. The molecule has 1 saturated heterocycles. The number of esters is 1. The van der Waals surface area contributed by atoms with Gasteiger partial charge < -0.3 is 15.4 Å². The number of rotatable bonds is 7. The van der Waals surface area contributed by atoms with Gasteiger partial charge in [0.05, 0.1) is 4.92 Å². The molecule has 0 unspecified atom stereocenters. The molecule has 1 aliphatic heterocycles. The smallest absolute Gasteiger partial charge is 0.330 e. The molecule has 0 aliphatic carbocycles. The van der Waals surface area contributed by atoms with Crippen LogP contribution in [0.15, 0.2) is 36.4 Å². The number of piperidine rings is 1. The van der Waals surface area contributed by atoms with Gasteiger partial charge in [-0.1, -0.05) is 6.08 Å². The van der Waals surface area contributed by atoms with Gasteiger partial charge in [0.15, 0.2) is 0 Å². The summed E-state index contributed by atoms with van der Waals surface area (Å²) in [5.74, 6) is -0.421. The van der Waals surface area contributed by atoms with Gasteiger partial charge in [-0.3, -0.25) is 10.1 Å². The zero-order chi connectivity index (χ0) is 16.5. The van der Waals surface area contributed by atoms with Crippen molar-refractivity contribution in [3.05, 3.63) is 52.1 Å². The number of carbonyl (C=O) groups is 1. The van der Waals surface area contributed by atoms with E-state index >= 15 is 0 Å². The molecular formula is C16H21N3O4. The maximum absolute atomic E-state index is 11.6. The number of carbonyl (C=O) groups excluding carboxylic acids is 1. The maximum atomic E-state index is 11.6. The molecule has 0 saturated carbocycles. The monoisotopic (exact) mass is 319 g/mol. The van der Waals surface area contributed by atoms with Crippen molar-refractivity contribution in [2.45, 2.75) is 25.5 Å². The van der Waals surface area contributed by atoms with Crippen molar-refractivity contribution >= 4 is 11.7 Å². The lowest BCUT2D eigenvalue weighted by atomic mass is 10.1. The van der Waals surface area contributed by atoms with Crippen LogP contribution in [0.5, 0.6) is 0 Å². The molecule has 0 atom stereocenters. The maximum Gasteiger partial charge on any atom is 0.330 e. The molecule has 1 fully saturated rings. The summed E-state index contributed by atoms with van der Waals surface area (Å²) in [6.45, 7) is 2.79. The first-order valence-corrected chi connectivity index (χ1v) is 7.66. The van der Waals surface area contributed by atoms with Crippen LogP contribution in [0.3, 0.4) is 0 Å². The van der Waals surface area contributed by atoms with E-state index < -0.39 is 10.9 Å². The molecule has 1 heterocycles. The van der Waals surface area contributed by atoms with Crippen LogP contribution in [0.25, 0.3) is 0 Å². The second kappa shape index (κ2) is 9.02.